The molecule has 0 radical (unpaired) electrons. The fourth-order valence-corrected chi connectivity index (χ4v) is 3.33. The molecule has 1 fully saturated rings. The molecule has 1 aromatic rings. The number of hydrogen-bond acceptors (Lipinski definition) is 2. The van der Waals surface area contributed by atoms with Crippen LogP contribution < -0.4 is 10.6 Å². The van der Waals surface area contributed by atoms with Gasteiger partial charge in [0.15, 0.2) is 0 Å². The molecule has 1 aromatic carbocycles. The number of aryl methyl sites for hydroxylation is 1. The largest absolute Gasteiger partial charge is 0.366 e. The minimum Gasteiger partial charge on any atom is -0.366 e. The Balaban J connectivity index is 2.27. The van der Waals surface area contributed by atoms with Gasteiger partial charge in [-0.2, -0.15) is 0 Å². The zero-order valence-electron chi connectivity index (χ0n) is 11.5. The first-order valence-corrected chi connectivity index (χ1v) is 7.05. The smallest absolute Gasteiger partial charge is 0.0410 e. The van der Waals surface area contributed by atoms with E-state index in [1.54, 1.807) is 0 Å². The summed E-state index contributed by atoms with van der Waals surface area (Å²) in [7, 11) is 0. The quantitative estimate of drug-likeness (QED) is 0.886. The molecule has 1 saturated heterocycles. The fraction of sp³-hybridized carbons (Fsp3) is 0.600. The molecule has 2 nitrogen and oxygen atoms in total. The Morgan fingerprint density at radius 1 is 1.44 bits per heavy atom. The summed E-state index contributed by atoms with van der Waals surface area (Å²) in [5.41, 5.74) is 8.55. The lowest BCUT2D eigenvalue weighted by Gasteiger charge is -2.47. The van der Waals surface area contributed by atoms with Crippen LogP contribution in [0.4, 0.5) is 5.69 Å². The first kappa shape index (κ1) is 13.7. The third-order valence-corrected chi connectivity index (χ3v) is 4.30. The van der Waals surface area contributed by atoms with Gasteiger partial charge in [-0.05, 0) is 69.8 Å². The van der Waals surface area contributed by atoms with Gasteiger partial charge in [-0.15, -0.1) is 0 Å². The molecule has 0 aromatic heterocycles. The van der Waals surface area contributed by atoms with Crippen molar-refractivity contribution in [2.45, 2.75) is 39.2 Å². The maximum atomic E-state index is 6.04. The van der Waals surface area contributed by atoms with E-state index in [0.29, 0.717) is 5.92 Å². The Bertz CT molecular complexity index is 429. The summed E-state index contributed by atoms with van der Waals surface area (Å²) in [5, 5.41) is 0.811. The summed E-state index contributed by atoms with van der Waals surface area (Å²) >= 11 is 6.04. The van der Waals surface area contributed by atoms with E-state index in [1.165, 1.54) is 17.7 Å². The van der Waals surface area contributed by atoms with Crippen molar-refractivity contribution in [3.63, 3.8) is 0 Å². The first-order chi connectivity index (χ1) is 8.44. The number of piperidine rings is 1. The molecule has 3 heteroatoms. The minimum atomic E-state index is 0.168. The lowest BCUT2D eigenvalue weighted by atomic mass is 9.82. The SMILES string of the molecule is Cc1cc(Cl)ccc1N1CCC(CN)CC1(C)C. The van der Waals surface area contributed by atoms with E-state index in [4.69, 9.17) is 17.3 Å². The number of rotatable bonds is 2. The monoisotopic (exact) mass is 266 g/mol. The van der Waals surface area contributed by atoms with Crippen molar-refractivity contribution < 1.29 is 0 Å². The molecule has 18 heavy (non-hydrogen) atoms. The lowest BCUT2D eigenvalue weighted by Crippen LogP contribution is -2.51. The van der Waals surface area contributed by atoms with Gasteiger partial charge < -0.3 is 10.6 Å². The summed E-state index contributed by atoms with van der Waals surface area (Å²) < 4.78 is 0. The molecule has 0 amide bonds. The molecule has 1 aliphatic rings. The van der Waals surface area contributed by atoms with Crippen molar-refractivity contribution in [2.24, 2.45) is 11.7 Å². The molecule has 1 atom stereocenters. The molecule has 100 valence electrons. The molecule has 1 unspecified atom stereocenters. The average Bonchev–Trinajstić information content (AvgIpc) is 2.29. The second-order valence-electron chi connectivity index (χ2n) is 5.99. The summed E-state index contributed by atoms with van der Waals surface area (Å²) in [6.07, 6.45) is 2.34. The Kier molecular flexibility index (Phi) is 3.88. The van der Waals surface area contributed by atoms with Crippen LogP contribution in [0.3, 0.4) is 0 Å². The second kappa shape index (κ2) is 5.10. The number of anilines is 1. The van der Waals surface area contributed by atoms with E-state index < -0.39 is 0 Å². The van der Waals surface area contributed by atoms with Crippen molar-refractivity contribution in [3.05, 3.63) is 28.8 Å². The van der Waals surface area contributed by atoms with E-state index in [9.17, 15) is 0 Å². The van der Waals surface area contributed by atoms with Gasteiger partial charge in [-0.25, -0.2) is 0 Å². The normalized spacial score (nSPS) is 23.2. The van der Waals surface area contributed by atoms with E-state index in [-0.39, 0.29) is 5.54 Å². The topological polar surface area (TPSA) is 29.3 Å². The van der Waals surface area contributed by atoms with Crippen molar-refractivity contribution >= 4 is 17.3 Å². The van der Waals surface area contributed by atoms with Crippen LogP contribution in [0.25, 0.3) is 0 Å². The number of hydrogen-bond donors (Lipinski definition) is 1. The van der Waals surface area contributed by atoms with Gasteiger partial charge in [0.1, 0.15) is 0 Å². The number of benzene rings is 1. The first-order valence-electron chi connectivity index (χ1n) is 6.68. The highest BCUT2D eigenvalue weighted by atomic mass is 35.5. The van der Waals surface area contributed by atoms with Crippen LogP contribution >= 0.6 is 11.6 Å². The standard InChI is InChI=1S/C15H23ClN2/c1-11-8-13(16)4-5-14(11)18-7-6-12(10-17)9-15(18,2)3/h4-5,8,12H,6-7,9-10,17H2,1-3H3. The molecule has 0 saturated carbocycles. The Labute approximate surface area is 115 Å². The van der Waals surface area contributed by atoms with Crippen molar-refractivity contribution in [3.8, 4) is 0 Å². The van der Waals surface area contributed by atoms with Gasteiger partial charge in [-0.3, -0.25) is 0 Å². The highest BCUT2D eigenvalue weighted by Crippen LogP contribution is 2.37. The van der Waals surface area contributed by atoms with Gasteiger partial charge in [0.25, 0.3) is 0 Å². The number of halogens is 1. The Hall–Kier alpha value is -0.730. The Morgan fingerprint density at radius 3 is 2.72 bits per heavy atom. The van der Waals surface area contributed by atoms with Crippen molar-refractivity contribution in [1.82, 2.24) is 0 Å². The minimum absolute atomic E-state index is 0.168. The van der Waals surface area contributed by atoms with Crippen LogP contribution in [0.1, 0.15) is 32.3 Å². The van der Waals surface area contributed by atoms with E-state index in [0.717, 1.165) is 24.5 Å². The molecule has 0 aliphatic carbocycles. The van der Waals surface area contributed by atoms with Crippen molar-refractivity contribution in [2.75, 3.05) is 18.0 Å². The van der Waals surface area contributed by atoms with E-state index in [2.05, 4.69) is 31.7 Å². The predicted molar refractivity (Wildman–Crippen MR) is 79.4 cm³/mol. The average molecular weight is 267 g/mol. The van der Waals surface area contributed by atoms with Gasteiger partial charge in [0.05, 0.1) is 0 Å². The predicted octanol–water partition coefficient (Wildman–Crippen LogP) is 3.60. The number of nitrogens with two attached hydrogens (primary N) is 1. The summed E-state index contributed by atoms with van der Waals surface area (Å²) in [6, 6.07) is 6.17. The Morgan fingerprint density at radius 2 is 2.17 bits per heavy atom. The zero-order chi connectivity index (χ0) is 13.3. The van der Waals surface area contributed by atoms with Crippen LogP contribution in [0.5, 0.6) is 0 Å². The fourth-order valence-electron chi connectivity index (χ4n) is 3.10. The van der Waals surface area contributed by atoms with Crippen LogP contribution in [0.15, 0.2) is 18.2 Å². The van der Waals surface area contributed by atoms with Crippen LogP contribution in [-0.4, -0.2) is 18.6 Å². The molecular formula is C15H23ClN2. The summed E-state index contributed by atoms with van der Waals surface area (Å²) in [6.45, 7) is 8.63. The molecule has 0 bridgehead atoms. The van der Waals surface area contributed by atoms with Gasteiger partial charge >= 0.3 is 0 Å². The van der Waals surface area contributed by atoms with E-state index >= 15 is 0 Å². The van der Waals surface area contributed by atoms with E-state index in [1.807, 2.05) is 12.1 Å². The maximum Gasteiger partial charge on any atom is 0.0410 e. The summed E-state index contributed by atoms with van der Waals surface area (Å²) in [4.78, 5) is 2.50. The van der Waals surface area contributed by atoms with Gasteiger partial charge in [0.2, 0.25) is 0 Å². The third kappa shape index (κ3) is 2.65. The molecular weight excluding hydrogens is 244 g/mol. The zero-order valence-corrected chi connectivity index (χ0v) is 12.3. The van der Waals surface area contributed by atoms with Crippen molar-refractivity contribution in [1.29, 1.82) is 0 Å². The lowest BCUT2D eigenvalue weighted by molar-refractivity contribution is 0.278. The maximum absolute atomic E-state index is 6.04. The van der Waals surface area contributed by atoms with Crippen LogP contribution in [-0.2, 0) is 0 Å². The van der Waals surface area contributed by atoms with Crippen LogP contribution in [0, 0.1) is 12.8 Å². The third-order valence-electron chi connectivity index (χ3n) is 4.06. The second-order valence-corrected chi connectivity index (χ2v) is 6.43. The van der Waals surface area contributed by atoms with Gasteiger partial charge in [-0.1, -0.05) is 11.6 Å². The highest BCUT2D eigenvalue weighted by Gasteiger charge is 2.34. The van der Waals surface area contributed by atoms with Crippen LogP contribution in [0.2, 0.25) is 5.02 Å². The molecule has 2 rings (SSSR count). The summed E-state index contributed by atoms with van der Waals surface area (Å²) in [5.74, 6) is 0.656. The molecule has 1 aliphatic heterocycles. The molecule has 2 N–H and O–H groups in total. The number of nitrogens with zero attached hydrogens (tertiary/aromatic N) is 1. The highest BCUT2D eigenvalue weighted by molar-refractivity contribution is 6.30. The molecule has 1 heterocycles. The molecule has 0 spiro atoms. The van der Waals surface area contributed by atoms with Gasteiger partial charge in [0, 0.05) is 22.8 Å².